The second kappa shape index (κ2) is 5.67. The van der Waals surface area contributed by atoms with E-state index in [4.69, 9.17) is 16.3 Å². The minimum Gasteiger partial charge on any atom is -0.437 e. The summed E-state index contributed by atoms with van der Waals surface area (Å²) in [6.45, 7) is 4.23. The third-order valence-corrected chi connectivity index (χ3v) is 3.16. The predicted octanol–water partition coefficient (Wildman–Crippen LogP) is 4.81. The van der Waals surface area contributed by atoms with Crippen LogP contribution in [0.4, 0.5) is 0 Å². The van der Waals surface area contributed by atoms with Crippen molar-refractivity contribution in [3.63, 3.8) is 0 Å². The normalized spacial score (nSPS) is 10.7. The Morgan fingerprint density at radius 1 is 1.28 bits per heavy atom. The van der Waals surface area contributed by atoms with Crippen LogP contribution < -0.4 is 4.74 Å². The summed E-state index contributed by atoms with van der Waals surface area (Å²) in [7, 11) is 0. The van der Waals surface area contributed by atoms with Crippen molar-refractivity contribution in [1.82, 2.24) is 9.97 Å². The van der Waals surface area contributed by atoms with E-state index in [2.05, 4.69) is 39.7 Å². The maximum Gasteiger partial charge on any atom is 0.237 e. The summed E-state index contributed by atoms with van der Waals surface area (Å²) in [5, 5.41) is 0.162. The number of para-hydroxylation sites is 1. The fourth-order valence-electron chi connectivity index (χ4n) is 1.56. The number of ether oxygens (including phenoxy) is 1. The van der Waals surface area contributed by atoms with Gasteiger partial charge in [0, 0.05) is 6.20 Å². The van der Waals surface area contributed by atoms with Gasteiger partial charge in [0.25, 0.3) is 0 Å². The number of rotatable bonds is 3. The fourth-order valence-corrected chi connectivity index (χ4v) is 1.95. The van der Waals surface area contributed by atoms with Crippen LogP contribution in [-0.4, -0.2) is 9.97 Å². The first-order valence-corrected chi connectivity index (χ1v) is 6.70. The quantitative estimate of drug-likeness (QED) is 0.759. The lowest BCUT2D eigenvalue weighted by molar-refractivity contribution is 0.450. The van der Waals surface area contributed by atoms with Gasteiger partial charge in [0.1, 0.15) is 5.75 Å². The third-order valence-electron chi connectivity index (χ3n) is 2.43. The molecule has 0 aliphatic heterocycles. The van der Waals surface area contributed by atoms with Gasteiger partial charge >= 0.3 is 0 Å². The maximum absolute atomic E-state index is 5.80. The monoisotopic (exact) mass is 326 g/mol. The molecule has 1 heterocycles. The fraction of sp³-hybridized carbons (Fsp3) is 0.231. The van der Waals surface area contributed by atoms with Gasteiger partial charge in [-0.2, -0.15) is 4.98 Å². The van der Waals surface area contributed by atoms with Gasteiger partial charge in [-0.15, -0.1) is 0 Å². The molecule has 1 aromatic carbocycles. The summed E-state index contributed by atoms with van der Waals surface area (Å²) in [6, 6.07) is 7.87. The lowest BCUT2D eigenvalue weighted by atomic mass is 10.0. The summed E-state index contributed by atoms with van der Waals surface area (Å²) >= 11 is 9.10. The molecule has 0 atom stereocenters. The highest BCUT2D eigenvalue weighted by molar-refractivity contribution is 9.10. The molecule has 0 N–H and O–H groups in total. The van der Waals surface area contributed by atoms with E-state index in [1.807, 2.05) is 24.3 Å². The molecule has 94 valence electrons. The smallest absolute Gasteiger partial charge is 0.237 e. The van der Waals surface area contributed by atoms with Gasteiger partial charge in [-0.25, -0.2) is 4.98 Å². The van der Waals surface area contributed by atoms with E-state index in [-0.39, 0.29) is 5.28 Å². The van der Waals surface area contributed by atoms with Crippen molar-refractivity contribution in [1.29, 1.82) is 0 Å². The van der Waals surface area contributed by atoms with Crippen molar-refractivity contribution in [2.45, 2.75) is 19.8 Å². The Labute approximate surface area is 119 Å². The number of hydrogen-bond acceptors (Lipinski definition) is 3. The zero-order chi connectivity index (χ0) is 13.1. The summed E-state index contributed by atoms with van der Waals surface area (Å²) in [5.41, 5.74) is 1.12. The Kier molecular flexibility index (Phi) is 4.19. The number of nitrogens with zero attached hydrogens (tertiary/aromatic N) is 2. The van der Waals surface area contributed by atoms with Crippen molar-refractivity contribution in [3.8, 4) is 11.6 Å². The molecule has 0 spiro atoms. The molecule has 0 bridgehead atoms. The van der Waals surface area contributed by atoms with Crippen LogP contribution in [0.3, 0.4) is 0 Å². The van der Waals surface area contributed by atoms with Crippen LogP contribution in [0.25, 0.3) is 0 Å². The molecule has 2 aromatic rings. The average Bonchev–Trinajstić information content (AvgIpc) is 2.34. The molecule has 0 unspecified atom stereocenters. The van der Waals surface area contributed by atoms with Gasteiger partial charge in [-0.05, 0) is 45.1 Å². The van der Waals surface area contributed by atoms with E-state index in [0.29, 0.717) is 16.3 Å². The van der Waals surface area contributed by atoms with Crippen LogP contribution >= 0.6 is 27.5 Å². The number of benzene rings is 1. The average molecular weight is 328 g/mol. The largest absolute Gasteiger partial charge is 0.437 e. The summed E-state index contributed by atoms with van der Waals surface area (Å²) in [5.74, 6) is 1.57. The Morgan fingerprint density at radius 2 is 2.00 bits per heavy atom. The zero-order valence-electron chi connectivity index (χ0n) is 10.0. The molecule has 0 saturated heterocycles. The first kappa shape index (κ1) is 13.3. The highest BCUT2D eigenvalue weighted by Gasteiger charge is 2.11. The van der Waals surface area contributed by atoms with Gasteiger partial charge in [0.05, 0.1) is 4.47 Å². The lowest BCUT2D eigenvalue weighted by Gasteiger charge is -2.13. The molecule has 0 amide bonds. The SMILES string of the molecule is CC(C)c1ccccc1Oc1nc(Cl)ncc1Br. The molecule has 0 radical (unpaired) electrons. The third kappa shape index (κ3) is 3.00. The Bertz CT molecular complexity index is 560. The molecule has 5 heteroatoms. The van der Waals surface area contributed by atoms with Crippen LogP contribution in [0.15, 0.2) is 34.9 Å². The van der Waals surface area contributed by atoms with Crippen molar-refractivity contribution in [2.75, 3.05) is 0 Å². The van der Waals surface area contributed by atoms with Crippen molar-refractivity contribution >= 4 is 27.5 Å². The van der Waals surface area contributed by atoms with E-state index in [1.54, 1.807) is 6.20 Å². The first-order chi connectivity index (χ1) is 8.58. The van der Waals surface area contributed by atoms with E-state index >= 15 is 0 Å². The van der Waals surface area contributed by atoms with Gasteiger partial charge in [0.2, 0.25) is 11.2 Å². The standard InChI is InChI=1S/C13H12BrClN2O/c1-8(2)9-5-3-4-6-11(9)18-12-10(14)7-16-13(15)17-12/h3-8H,1-2H3. The molecule has 0 aliphatic rings. The summed E-state index contributed by atoms with van der Waals surface area (Å²) in [6.07, 6.45) is 1.57. The maximum atomic E-state index is 5.80. The van der Waals surface area contributed by atoms with Crippen LogP contribution in [0.2, 0.25) is 5.28 Å². The Balaban J connectivity index is 2.37. The van der Waals surface area contributed by atoms with E-state index in [9.17, 15) is 0 Å². The first-order valence-electron chi connectivity index (χ1n) is 5.52. The molecule has 0 aliphatic carbocycles. The highest BCUT2D eigenvalue weighted by Crippen LogP contribution is 2.32. The van der Waals surface area contributed by atoms with Gasteiger partial charge in [-0.1, -0.05) is 32.0 Å². The summed E-state index contributed by atoms with van der Waals surface area (Å²) < 4.78 is 6.47. The number of aromatic nitrogens is 2. The number of halogens is 2. The van der Waals surface area contributed by atoms with Gasteiger partial charge in [0.15, 0.2) is 0 Å². The minimum atomic E-state index is 0.162. The lowest BCUT2D eigenvalue weighted by Crippen LogP contribution is -1.96. The second-order valence-corrected chi connectivity index (χ2v) is 5.28. The predicted molar refractivity (Wildman–Crippen MR) is 75.3 cm³/mol. The Morgan fingerprint density at radius 3 is 2.72 bits per heavy atom. The van der Waals surface area contributed by atoms with Gasteiger partial charge < -0.3 is 4.74 Å². The topological polar surface area (TPSA) is 35.0 Å². The Hall–Kier alpha value is -1.13. The molecule has 3 nitrogen and oxygen atoms in total. The van der Waals surface area contributed by atoms with Crippen molar-refractivity contribution in [2.24, 2.45) is 0 Å². The summed E-state index contributed by atoms with van der Waals surface area (Å²) in [4.78, 5) is 7.92. The van der Waals surface area contributed by atoms with Crippen LogP contribution in [0.5, 0.6) is 11.6 Å². The van der Waals surface area contributed by atoms with Crippen molar-refractivity contribution < 1.29 is 4.74 Å². The molecule has 18 heavy (non-hydrogen) atoms. The van der Waals surface area contributed by atoms with Crippen LogP contribution in [0.1, 0.15) is 25.3 Å². The second-order valence-electron chi connectivity index (χ2n) is 4.09. The van der Waals surface area contributed by atoms with E-state index in [0.717, 1.165) is 11.3 Å². The molecule has 1 aromatic heterocycles. The van der Waals surface area contributed by atoms with Gasteiger partial charge in [-0.3, -0.25) is 0 Å². The van der Waals surface area contributed by atoms with E-state index in [1.165, 1.54) is 0 Å². The minimum absolute atomic E-state index is 0.162. The van der Waals surface area contributed by atoms with Crippen LogP contribution in [-0.2, 0) is 0 Å². The van der Waals surface area contributed by atoms with Crippen molar-refractivity contribution in [3.05, 3.63) is 45.8 Å². The molecule has 0 saturated carbocycles. The zero-order valence-corrected chi connectivity index (χ0v) is 12.4. The molecule has 2 rings (SSSR count). The highest BCUT2D eigenvalue weighted by atomic mass is 79.9. The molecule has 0 fully saturated rings. The van der Waals surface area contributed by atoms with Crippen LogP contribution in [0, 0.1) is 0 Å². The van der Waals surface area contributed by atoms with E-state index < -0.39 is 0 Å². The number of hydrogen-bond donors (Lipinski definition) is 0. The molecular formula is C13H12BrClN2O. The molecular weight excluding hydrogens is 316 g/mol.